The van der Waals surface area contributed by atoms with Crippen molar-refractivity contribution in [3.63, 3.8) is 0 Å². The zero-order valence-electron chi connectivity index (χ0n) is 9.04. The quantitative estimate of drug-likeness (QED) is 0.611. The molecule has 4 heteroatoms. The molecular weight excluding hydrogens is 192 g/mol. The first-order valence-electron chi connectivity index (χ1n) is 5.97. The minimum Gasteiger partial charge on any atom is -0.393 e. The van der Waals surface area contributed by atoms with Gasteiger partial charge in [0.05, 0.1) is 12.1 Å². The molecule has 86 valence electrons. The Labute approximate surface area is 90.4 Å². The van der Waals surface area contributed by atoms with Crippen LogP contribution in [0.1, 0.15) is 38.5 Å². The molecule has 0 radical (unpaired) electrons. The van der Waals surface area contributed by atoms with Crippen molar-refractivity contribution in [2.24, 2.45) is 0 Å². The number of aliphatic hydroxyl groups excluding tert-OH is 1. The average molecular weight is 212 g/mol. The van der Waals surface area contributed by atoms with Crippen molar-refractivity contribution in [3.8, 4) is 0 Å². The molecule has 1 saturated heterocycles. The molecule has 1 unspecified atom stereocenters. The van der Waals surface area contributed by atoms with Crippen molar-refractivity contribution in [1.82, 2.24) is 10.6 Å². The molecule has 0 aromatic carbocycles. The van der Waals surface area contributed by atoms with Gasteiger partial charge in [0.25, 0.3) is 0 Å². The number of aliphatic hydroxyl groups is 1. The van der Waals surface area contributed by atoms with Crippen LogP contribution < -0.4 is 10.6 Å². The zero-order chi connectivity index (χ0) is 10.7. The van der Waals surface area contributed by atoms with Crippen LogP contribution in [-0.4, -0.2) is 35.7 Å². The van der Waals surface area contributed by atoms with Gasteiger partial charge in [0.1, 0.15) is 0 Å². The SMILES string of the molecule is O=C(NC1CC(O)C1)C1CCCCCN1. The number of carbonyl (C=O) groups is 1. The molecule has 0 aromatic heterocycles. The lowest BCUT2D eigenvalue weighted by Gasteiger charge is -2.33. The molecule has 1 saturated carbocycles. The number of nitrogens with one attached hydrogen (secondary N) is 2. The van der Waals surface area contributed by atoms with Crippen LogP contribution in [0.15, 0.2) is 0 Å². The van der Waals surface area contributed by atoms with Crippen molar-refractivity contribution in [2.45, 2.75) is 56.7 Å². The molecule has 1 atom stereocenters. The van der Waals surface area contributed by atoms with E-state index in [1.54, 1.807) is 0 Å². The predicted molar refractivity (Wildman–Crippen MR) is 57.4 cm³/mol. The van der Waals surface area contributed by atoms with Crippen molar-refractivity contribution < 1.29 is 9.90 Å². The van der Waals surface area contributed by atoms with Gasteiger partial charge >= 0.3 is 0 Å². The van der Waals surface area contributed by atoms with Gasteiger partial charge < -0.3 is 15.7 Å². The third-order valence-corrected chi connectivity index (χ3v) is 3.34. The Bertz CT molecular complexity index is 219. The predicted octanol–water partition coefficient (Wildman–Crippen LogP) is 0.158. The molecule has 2 fully saturated rings. The molecule has 15 heavy (non-hydrogen) atoms. The van der Waals surface area contributed by atoms with Crippen molar-refractivity contribution in [1.29, 1.82) is 0 Å². The topological polar surface area (TPSA) is 61.4 Å². The smallest absolute Gasteiger partial charge is 0.237 e. The standard InChI is InChI=1S/C11H20N2O2/c14-9-6-8(7-9)13-11(15)10-4-2-1-3-5-12-10/h8-10,12,14H,1-7H2,(H,13,15). The fourth-order valence-corrected chi connectivity index (χ4v) is 2.26. The van der Waals surface area contributed by atoms with Crippen molar-refractivity contribution >= 4 is 5.91 Å². The fraction of sp³-hybridized carbons (Fsp3) is 0.909. The normalized spacial score (nSPS) is 36.5. The Hall–Kier alpha value is -0.610. The summed E-state index contributed by atoms with van der Waals surface area (Å²) in [7, 11) is 0. The van der Waals surface area contributed by atoms with Crippen molar-refractivity contribution in [2.75, 3.05) is 6.54 Å². The molecule has 1 aliphatic heterocycles. The molecule has 1 amide bonds. The van der Waals surface area contributed by atoms with Gasteiger partial charge in [0.2, 0.25) is 5.91 Å². The highest BCUT2D eigenvalue weighted by atomic mass is 16.3. The summed E-state index contributed by atoms with van der Waals surface area (Å²) in [5.41, 5.74) is 0. The van der Waals surface area contributed by atoms with Crippen LogP contribution in [0.4, 0.5) is 0 Å². The number of hydrogen-bond acceptors (Lipinski definition) is 3. The molecule has 2 aliphatic rings. The van der Waals surface area contributed by atoms with Crippen LogP contribution in [0.3, 0.4) is 0 Å². The highest BCUT2D eigenvalue weighted by Crippen LogP contribution is 2.19. The second kappa shape index (κ2) is 4.94. The molecular formula is C11H20N2O2. The highest BCUT2D eigenvalue weighted by molar-refractivity contribution is 5.82. The molecule has 0 spiro atoms. The summed E-state index contributed by atoms with van der Waals surface area (Å²) in [6.45, 7) is 0.950. The van der Waals surface area contributed by atoms with Crippen LogP contribution in [0.25, 0.3) is 0 Å². The van der Waals surface area contributed by atoms with Gasteiger partial charge in [-0.3, -0.25) is 4.79 Å². The number of hydrogen-bond donors (Lipinski definition) is 3. The summed E-state index contributed by atoms with van der Waals surface area (Å²) in [4.78, 5) is 11.8. The molecule has 3 N–H and O–H groups in total. The Morgan fingerprint density at radius 3 is 2.80 bits per heavy atom. The lowest BCUT2D eigenvalue weighted by atomic mass is 9.89. The molecule has 0 aromatic rings. The van der Waals surface area contributed by atoms with Crippen LogP contribution in [0, 0.1) is 0 Å². The second-order valence-electron chi connectivity index (χ2n) is 4.69. The zero-order valence-corrected chi connectivity index (χ0v) is 9.04. The summed E-state index contributed by atoms with van der Waals surface area (Å²) in [6.07, 6.45) is 5.72. The van der Waals surface area contributed by atoms with Gasteiger partial charge in [-0.15, -0.1) is 0 Å². The Balaban J connectivity index is 1.74. The minimum atomic E-state index is -0.197. The van der Waals surface area contributed by atoms with Crippen LogP contribution in [0.2, 0.25) is 0 Å². The third kappa shape index (κ3) is 2.92. The van der Waals surface area contributed by atoms with E-state index in [0.717, 1.165) is 32.2 Å². The van der Waals surface area contributed by atoms with Gasteiger partial charge in [-0.1, -0.05) is 12.8 Å². The van der Waals surface area contributed by atoms with E-state index in [-0.39, 0.29) is 24.1 Å². The number of amides is 1. The van der Waals surface area contributed by atoms with Crippen LogP contribution in [-0.2, 0) is 4.79 Å². The van der Waals surface area contributed by atoms with Gasteiger partial charge in [0, 0.05) is 6.04 Å². The molecule has 1 aliphatic carbocycles. The summed E-state index contributed by atoms with van der Waals surface area (Å²) >= 11 is 0. The second-order valence-corrected chi connectivity index (χ2v) is 4.69. The minimum absolute atomic E-state index is 0.00903. The lowest BCUT2D eigenvalue weighted by molar-refractivity contribution is -0.125. The van der Waals surface area contributed by atoms with E-state index in [0.29, 0.717) is 0 Å². The molecule has 1 heterocycles. The van der Waals surface area contributed by atoms with Gasteiger partial charge in [-0.05, 0) is 32.2 Å². The van der Waals surface area contributed by atoms with Crippen LogP contribution >= 0.6 is 0 Å². The Morgan fingerprint density at radius 1 is 1.27 bits per heavy atom. The molecule has 0 bridgehead atoms. The molecule has 4 nitrogen and oxygen atoms in total. The lowest BCUT2D eigenvalue weighted by Crippen LogP contribution is -2.52. The summed E-state index contributed by atoms with van der Waals surface area (Å²) < 4.78 is 0. The average Bonchev–Trinajstić information content (AvgIpc) is 2.43. The van der Waals surface area contributed by atoms with E-state index in [1.165, 1.54) is 12.8 Å². The van der Waals surface area contributed by atoms with E-state index in [1.807, 2.05) is 0 Å². The Kier molecular flexibility index (Phi) is 3.59. The van der Waals surface area contributed by atoms with Gasteiger partial charge in [0.15, 0.2) is 0 Å². The van der Waals surface area contributed by atoms with Crippen LogP contribution in [0.5, 0.6) is 0 Å². The maximum absolute atomic E-state index is 11.8. The first-order valence-corrected chi connectivity index (χ1v) is 5.97. The summed E-state index contributed by atoms with van der Waals surface area (Å²) in [5, 5.41) is 15.4. The maximum Gasteiger partial charge on any atom is 0.237 e. The van der Waals surface area contributed by atoms with E-state index in [2.05, 4.69) is 10.6 Å². The van der Waals surface area contributed by atoms with Gasteiger partial charge in [-0.2, -0.15) is 0 Å². The summed E-state index contributed by atoms with van der Waals surface area (Å²) in [6, 6.07) is 0.197. The van der Waals surface area contributed by atoms with Gasteiger partial charge in [-0.25, -0.2) is 0 Å². The fourth-order valence-electron chi connectivity index (χ4n) is 2.26. The van der Waals surface area contributed by atoms with E-state index in [9.17, 15) is 4.79 Å². The molecule has 2 rings (SSSR count). The van der Waals surface area contributed by atoms with E-state index < -0.39 is 0 Å². The number of rotatable bonds is 2. The highest BCUT2D eigenvalue weighted by Gasteiger charge is 2.30. The Morgan fingerprint density at radius 2 is 2.07 bits per heavy atom. The van der Waals surface area contributed by atoms with E-state index in [4.69, 9.17) is 5.11 Å². The monoisotopic (exact) mass is 212 g/mol. The summed E-state index contributed by atoms with van der Waals surface area (Å²) in [5.74, 6) is 0.119. The first kappa shape index (κ1) is 10.9. The third-order valence-electron chi connectivity index (χ3n) is 3.34. The van der Waals surface area contributed by atoms with E-state index >= 15 is 0 Å². The number of carbonyl (C=O) groups excluding carboxylic acids is 1. The first-order chi connectivity index (χ1) is 7.25. The van der Waals surface area contributed by atoms with Crippen molar-refractivity contribution in [3.05, 3.63) is 0 Å². The largest absolute Gasteiger partial charge is 0.393 e. The maximum atomic E-state index is 11.8.